The highest BCUT2D eigenvalue weighted by molar-refractivity contribution is 7.90. The minimum absolute atomic E-state index is 0.108. The molecule has 0 bridgehead atoms. The molecular formula is C16H30N2O4S. The van der Waals surface area contributed by atoms with Gasteiger partial charge >= 0.3 is 0 Å². The highest BCUT2D eigenvalue weighted by Crippen LogP contribution is 2.28. The van der Waals surface area contributed by atoms with E-state index in [0.29, 0.717) is 19.5 Å². The topological polar surface area (TPSA) is 75.7 Å². The first-order valence-electron chi connectivity index (χ1n) is 8.57. The molecule has 23 heavy (non-hydrogen) atoms. The van der Waals surface area contributed by atoms with Gasteiger partial charge in [0, 0.05) is 32.7 Å². The van der Waals surface area contributed by atoms with Crippen LogP contribution in [0.2, 0.25) is 0 Å². The minimum atomic E-state index is -3.44. The molecule has 7 heteroatoms. The number of carbonyl (C=O) groups is 1. The largest absolute Gasteiger partial charge is 0.377 e. The van der Waals surface area contributed by atoms with Crippen molar-refractivity contribution in [2.24, 2.45) is 5.92 Å². The third kappa shape index (κ3) is 4.90. The zero-order chi connectivity index (χ0) is 17.1. The molecule has 134 valence electrons. The standard InChI is InChI=1S/C16H30N2O4S/c1-16(2,22-3)12-17-23(20,21)14-9-6-10-18(11-14)15(19)13-7-4-5-8-13/h13-14,17H,4-12H2,1-3H3/t14-/m0/s1. The molecule has 1 heterocycles. The second-order valence-corrected chi connectivity index (χ2v) is 9.41. The zero-order valence-corrected chi connectivity index (χ0v) is 15.3. The van der Waals surface area contributed by atoms with Crippen LogP contribution in [-0.4, -0.2) is 56.8 Å². The van der Waals surface area contributed by atoms with Gasteiger partial charge in [-0.3, -0.25) is 4.79 Å². The molecule has 1 atom stereocenters. The summed E-state index contributed by atoms with van der Waals surface area (Å²) in [7, 11) is -1.87. The van der Waals surface area contributed by atoms with Crippen molar-refractivity contribution in [2.45, 2.75) is 63.2 Å². The molecule has 1 aliphatic heterocycles. The van der Waals surface area contributed by atoms with E-state index in [4.69, 9.17) is 4.74 Å². The molecule has 0 aromatic heterocycles. The smallest absolute Gasteiger partial charge is 0.225 e. The number of likely N-dealkylation sites (tertiary alicyclic amines) is 1. The lowest BCUT2D eigenvalue weighted by atomic mass is 10.0. The summed E-state index contributed by atoms with van der Waals surface area (Å²) >= 11 is 0. The third-order valence-corrected chi connectivity index (χ3v) is 6.89. The number of methoxy groups -OCH3 is 1. The van der Waals surface area contributed by atoms with Gasteiger partial charge in [0.25, 0.3) is 0 Å². The highest BCUT2D eigenvalue weighted by Gasteiger charge is 2.36. The number of piperidine rings is 1. The normalized spacial score (nSPS) is 24.1. The molecule has 2 fully saturated rings. The molecule has 1 saturated carbocycles. The molecule has 0 radical (unpaired) electrons. The highest BCUT2D eigenvalue weighted by atomic mass is 32.2. The van der Waals surface area contributed by atoms with Crippen molar-refractivity contribution < 1.29 is 17.9 Å². The van der Waals surface area contributed by atoms with Crippen LogP contribution >= 0.6 is 0 Å². The van der Waals surface area contributed by atoms with Gasteiger partial charge in [-0.2, -0.15) is 0 Å². The summed E-state index contributed by atoms with van der Waals surface area (Å²) in [5, 5.41) is -0.519. The average molecular weight is 346 g/mol. The Bertz CT molecular complexity index is 512. The summed E-state index contributed by atoms with van der Waals surface area (Å²) in [6.07, 6.45) is 5.48. The van der Waals surface area contributed by atoms with Gasteiger partial charge < -0.3 is 9.64 Å². The summed E-state index contributed by atoms with van der Waals surface area (Å²) in [5.74, 6) is 0.261. The van der Waals surface area contributed by atoms with E-state index >= 15 is 0 Å². The van der Waals surface area contributed by atoms with E-state index in [1.54, 1.807) is 12.0 Å². The Labute approximate surface area is 140 Å². The molecule has 0 unspecified atom stereocenters. The molecule has 0 aromatic rings. The fourth-order valence-electron chi connectivity index (χ4n) is 3.29. The summed E-state index contributed by atoms with van der Waals surface area (Å²) in [6.45, 7) is 4.92. The predicted octanol–water partition coefficient (Wildman–Crippen LogP) is 1.51. The van der Waals surface area contributed by atoms with E-state index in [2.05, 4.69) is 4.72 Å². The van der Waals surface area contributed by atoms with Crippen LogP contribution in [0.4, 0.5) is 0 Å². The van der Waals surface area contributed by atoms with Crippen LogP contribution in [0.5, 0.6) is 0 Å². The average Bonchev–Trinajstić information content (AvgIpc) is 3.07. The van der Waals surface area contributed by atoms with Crippen molar-refractivity contribution in [1.82, 2.24) is 9.62 Å². The third-order valence-electron chi connectivity index (χ3n) is 5.08. The van der Waals surface area contributed by atoms with Crippen LogP contribution < -0.4 is 4.72 Å². The van der Waals surface area contributed by atoms with E-state index in [1.165, 1.54) is 0 Å². The van der Waals surface area contributed by atoms with Crippen molar-refractivity contribution in [1.29, 1.82) is 0 Å². The Kier molecular flexibility index (Phi) is 6.08. The first-order chi connectivity index (χ1) is 10.7. The molecule has 1 N–H and O–H groups in total. The number of nitrogens with one attached hydrogen (secondary N) is 1. The van der Waals surface area contributed by atoms with Crippen LogP contribution in [0, 0.1) is 5.92 Å². The lowest BCUT2D eigenvalue weighted by molar-refractivity contribution is -0.136. The molecular weight excluding hydrogens is 316 g/mol. The van der Waals surface area contributed by atoms with Crippen LogP contribution in [0.3, 0.4) is 0 Å². The van der Waals surface area contributed by atoms with Crippen molar-refractivity contribution in [2.75, 3.05) is 26.7 Å². The molecule has 1 saturated heterocycles. The Morgan fingerprint density at radius 2 is 1.87 bits per heavy atom. The summed E-state index contributed by atoms with van der Waals surface area (Å²) in [5.41, 5.74) is -0.541. The fourth-order valence-corrected chi connectivity index (χ4v) is 4.92. The maximum Gasteiger partial charge on any atom is 0.225 e. The zero-order valence-electron chi connectivity index (χ0n) is 14.5. The number of sulfonamides is 1. The molecule has 2 aliphatic rings. The Morgan fingerprint density at radius 1 is 1.22 bits per heavy atom. The van der Waals surface area contributed by atoms with E-state index in [0.717, 1.165) is 32.1 Å². The number of hydrogen-bond donors (Lipinski definition) is 1. The van der Waals surface area contributed by atoms with Crippen LogP contribution in [0.15, 0.2) is 0 Å². The van der Waals surface area contributed by atoms with E-state index in [-0.39, 0.29) is 18.4 Å². The van der Waals surface area contributed by atoms with Gasteiger partial charge in [-0.05, 0) is 39.5 Å². The quantitative estimate of drug-likeness (QED) is 0.791. The van der Waals surface area contributed by atoms with Gasteiger partial charge in [0.15, 0.2) is 0 Å². The van der Waals surface area contributed by atoms with E-state index in [1.807, 2.05) is 13.8 Å². The molecule has 2 rings (SSSR count). The number of carbonyl (C=O) groups excluding carboxylic acids is 1. The van der Waals surface area contributed by atoms with E-state index in [9.17, 15) is 13.2 Å². The van der Waals surface area contributed by atoms with Crippen molar-refractivity contribution in [3.05, 3.63) is 0 Å². The van der Waals surface area contributed by atoms with Gasteiger partial charge in [0.05, 0.1) is 10.9 Å². The van der Waals surface area contributed by atoms with Crippen molar-refractivity contribution in [3.8, 4) is 0 Å². The molecule has 0 spiro atoms. The SMILES string of the molecule is COC(C)(C)CNS(=O)(=O)[C@H]1CCCN(C(=O)C2CCCC2)C1. The van der Waals surface area contributed by atoms with Crippen LogP contribution in [0.25, 0.3) is 0 Å². The number of rotatable bonds is 6. The number of nitrogens with zero attached hydrogens (tertiary/aromatic N) is 1. The van der Waals surface area contributed by atoms with Gasteiger partial charge in [0.1, 0.15) is 0 Å². The predicted molar refractivity (Wildman–Crippen MR) is 89.6 cm³/mol. The minimum Gasteiger partial charge on any atom is -0.377 e. The summed E-state index contributed by atoms with van der Waals surface area (Å²) in [4.78, 5) is 14.3. The summed E-state index contributed by atoms with van der Waals surface area (Å²) in [6, 6.07) is 0. The fraction of sp³-hybridized carbons (Fsp3) is 0.938. The van der Waals surface area contributed by atoms with Crippen molar-refractivity contribution >= 4 is 15.9 Å². The van der Waals surface area contributed by atoms with Crippen LogP contribution in [0.1, 0.15) is 52.4 Å². The van der Waals surface area contributed by atoms with Gasteiger partial charge in [-0.15, -0.1) is 0 Å². The van der Waals surface area contributed by atoms with E-state index < -0.39 is 20.9 Å². The molecule has 6 nitrogen and oxygen atoms in total. The maximum atomic E-state index is 12.5. The van der Waals surface area contributed by atoms with Crippen molar-refractivity contribution in [3.63, 3.8) is 0 Å². The second kappa shape index (κ2) is 7.49. The molecule has 0 aromatic carbocycles. The maximum absolute atomic E-state index is 12.5. The first-order valence-corrected chi connectivity index (χ1v) is 10.1. The second-order valence-electron chi connectivity index (χ2n) is 7.36. The lowest BCUT2D eigenvalue weighted by Gasteiger charge is -2.34. The number of ether oxygens (including phenoxy) is 1. The Morgan fingerprint density at radius 3 is 2.48 bits per heavy atom. The monoisotopic (exact) mass is 346 g/mol. The Balaban J connectivity index is 1.95. The summed E-state index contributed by atoms with van der Waals surface area (Å²) < 4.78 is 33.0. The number of hydrogen-bond acceptors (Lipinski definition) is 4. The van der Waals surface area contributed by atoms with Gasteiger partial charge in [-0.1, -0.05) is 12.8 Å². The molecule has 1 aliphatic carbocycles. The first kappa shape index (κ1) is 18.7. The lowest BCUT2D eigenvalue weighted by Crippen LogP contribution is -2.51. The van der Waals surface area contributed by atoms with Crippen LogP contribution in [-0.2, 0) is 19.6 Å². The molecule has 1 amide bonds. The number of amides is 1. The van der Waals surface area contributed by atoms with Gasteiger partial charge in [-0.25, -0.2) is 13.1 Å². The van der Waals surface area contributed by atoms with Gasteiger partial charge in [0.2, 0.25) is 15.9 Å². The Hall–Kier alpha value is -0.660.